The lowest BCUT2D eigenvalue weighted by atomic mass is 9.43. The first-order valence-corrected chi connectivity index (χ1v) is 21.8. The zero-order valence-corrected chi connectivity index (χ0v) is 35.0. The van der Waals surface area contributed by atoms with Crippen molar-refractivity contribution in [2.75, 3.05) is 6.54 Å². The fraction of sp³-hybridized carbons (Fsp3) is 0.562. The minimum Gasteiger partial charge on any atom is -0.452 e. The van der Waals surface area contributed by atoms with Crippen molar-refractivity contribution in [2.24, 2.45) is 34.5 Å². The van der Waals surface area contributed by atoms with Gasteiger partial charge < -0.3 is 33.9 Å². The quantitative estimate of drug-likeness (QED) is 0.0653. The molecule has 0 bridgehead atoms. The summed E-state index contributed by atoms with van der Waals surface area (Å²) in [6, 6.07) is 25.3. The van der Waals surface area contributed by atoms with Crippen LogP contribution in [-0.2, 0) is 23.7 Å². The second-order valence-electron chi connectivity index (χ2n) is 18.6. The van der Waals surface area contributed by atoms with Crippen molar-refractivity contribution in [3.05, 3.63) is 118 Å². The minimum atomic E-state index is -1.33. The van der Waals surface area contributed by atoms with Crippen molar-refractivity contribution in [3.63, 3.8) is 0 Å². The fourth-order valence-corrected chi connectivity index (χ4v) is 12.2. The van der Waals surface area contributed by atoms with E-state index in [4.69, 9.17) is 23.7 Å². The van der Waals surface area contributed by atoms with Crippen molar-refractivity contribution in [1.29, 1.82) is 0 Å². The molecule has 13 heteroatoms. The van der Waals surface area contributed by atoms with Crippen LogP contribution in [0.15, 0.2) is 91.0 Å². The van der Waals surface area contributed by atoms with Crippen molar-refractivity contribution in [2.45, 2.75) is 127 Å². The zero-order chi connectivity index (χ0) is 43.1. The molecule has 4 aliphatic carbocycles. The molecule has 3 aromatic rings. The summed E-state index contributed by atoms with van der Waals surface area (Å²) in [4.78, 5) is 52.1. The summed E-state index contributed by atoms with van der Waals surface area (Å²) in [7, 11) is 0. The van der Waals surface area contributed by atoms with Gasteiger partial charge in [-0.3, -0.25) is 10.1 Å². The second kappa shape index (κ2) is 17.2. The van der Waals surface area contributed by atoms with Crippen LogP contribution < -0.4 is 0 Å². The van der Waals surface area contributed by atoms with Gasteiger partial charge in [-0.05, 0) is 130 Å². The highest BCUT2D eigenvalue weighted by Crippen LogP contribution is 2.69. The van der Waals surface area contributed by atoms with E-state index in [2.05, 4.69) is 6.92 Å². The molecule has 0 spiro atoms. The van der Waals surface area contributed by atoms with Crippen LogP contribution in [0.4, 0.5) is 0 Å². The number of hydrogen-bond acceptors (Lipinski definition) is 12. The van der Waals surface area contributed by atoms with Crippen LogP contribution in [0.5, 0.6) is 0 Å². The molecule has 0 radical (unpaired) electrons. The normalized spacial score (nSPS) is 37.2. The summed E-state index contributed by atoms with van der Waals surface area (Å²) >= 11 is 0. The van der Waals surface area contributed by atoms with Crippen LogP contribution in [0.25, 0.3) is 0 Å². The van der Waals surface area contributed by atoms with Crippen LogP contribution >= 0.6 is 0 Å². The average molecular weight is 840 g/mol. The first-order valence-electron chi connectivity index (χ1n) is 21.8. The molecular formula is C48H57NO12. The van der Waals surface area contributed by atoms with Gasteiger partial charge in [0.05, 0.1) is 34.5 Å². The third kappa shape index (κ3) is 8.10. The Kier molecular flexibility index (Phi) is 12.1. The van der Waals surface area contributed by atoms with Gasteiger partial charge in [-0.15, -0.1) is 0 Å². The number of carbonyl (C=O) groups is 3. The van der Waals surface area contributed by atoms with E-state index in [1.54, 1.807) is 97.9 Å². The van der Waals surface area contributed by atoms with Crippen LogP contribution in [0.3, 0.4) is 0 Å². The fourth-order valence-electron chi connectivity index (χ4n) is 12.2. The molecule has 61 heavy (non-hydrogen) atoms. The van der Waals surface area contributed by atoms with E-state index in [1.165, 1.54) is 0 Å². The number of fused-ring (bicyclic) bond motifs is 5. The molecule has 326 valence electrons. The Hall–Kier alpha value is -4.69. The van der Waals surface area contributed by atoms with Gasteiger partial charge in [-0.25, -0.2) is 14.4 Å². The molecule has 14 atom stereocenters. The second-order valence-corrected chi connectivity index (χ2v) is 18.6. The van der Waals surface area contributed by atoms with E-state index in [1.807, 2.05) is 6.92 Å². The first kappa shape index (κ1) is 43.0. The van der Waals surface area contributed by atoms with Gasteiger partial charge >= 0.3 is 17.9 Å². The lowest BCUT2D eigenvalue weighted by Crippen LogP contribution is -2.63. The predicted octanol–water partition coefficient (Wildman–Crippen LogP) is 7.20. The molecule has 3 aromatic carbocycles. The first-order chi connectivity index (χ1) is 29.2. The third-order valence-electron chi connectivity index (χ3n) is 15.5. The lowest BCUT2D eigenvalue weighted by molar-refractivity contribution is -0.493. The largest absolute Gasteiger partial charge is 0.452 e. The number of hydrogen-bond donors (Lipinski definition) is 2. The number of ether oxygens (including phenoxy) is 5. The third-order valence-corrected chi connectivity index (χ3v) is 15.5. The number of esters is 3. The Bertz CT molecular complexity index is 2050. The maximum Gasteiger partial charge on any atom is 0.338 e. The van der Waals surface area contributed by atoms with Gasteiger partial charge in [0.15, 0.2) is 24.6 Å². The Morgan fingerprint density at radius 2 is 1.28 bits per heavy atom. The van der Waals surface area contributed by atoms with E-state index in [0.717, 1.165) is 25.7 Å². The van der Waals surface area contributed by atoms with E-state index in [0.29, 0.717) is 32.1 Å². The number of benzene rings is 3. The molecule has 1 saturated heterocycles. The Morgan fingerprint density at radius 3 is 1.84 bits per heavy atom. The molecular weight excluding hydrogens is 783 g/mol. The number of aliphatic hydroxyl groups is 2. The van der Waals surface area contributed by atoms with Crippen LogP contribution in [0.2, 0.25) is 0 Å². The summed E-state index contributed by atoms with van der Waals surface area (Å²) in [5.41, 5.74) is -0.926. The smallest absolute Gasteiger partial charge is 0.338 e. The molecule has 1 unspecified atom stereocenters. The van der Waals surface area contributed by atoms with Gasteiger partial charge in [-0.2, -0.15) is 0 Å². The molecule has 0 amide bonds. The Labute approximate surface area is 356 Å². The molecule has 8 rings (SSSR count). The highest BCUT2D eigenvalue weighted by Gasteiger charge is 2.68. The van der Waals surface area contributed by atoms with Gasteiger partial charge in [0.1, 0.15) is 6.10 Å². The maximum absolute atomic E-state index is 13.8. The number of aliphatic hydroxyl groups excluding tert-OH is 1. The molecule has 5 aliphatic rings. The number of nitrogens with zero attached hydrogens (tertiary/aromatic N) is 1. The molecule has 1 aliphatic heterocycles. The van der Waals surface area contributed by atoms with Crippen LogP contribution in [-0.4, -0.2) is 88.1 Å². The van der Waals surface area contributed by atoms with E-state index < -0.39 is 77.2 Å². The highest BCUT2D eigenvalue weighted by molar-refractivity contribution is 5.91. The van der Waals surface area contributed by atoms with E-state index in [-0.39, 0.29) is 51.9 Å². The van der Waals surface area contributed by atoms with Crippen molar-refractivity contribution in [1.82, 2.24) is 0 Å². The topological polar surface area (TPSA) is 181 Å². The molecule has 5 fully saturated rings. The van der Waals surface area contributed by atoms with E-state index >= 15 is 0 Å². The molecule has 1 heterocycles. The zero-order valence-electron chi connectivity index (χ0n) is 35.0. The molecule has 0 aromatic heterocycles. The summed E-state index contributed by atoms with van der Waals surface area (Å²) in [6.07, 6.45) is -0.854. The SMILES string of the molecule is C[C@@H]1O[C@H](O[C@H]2CC[C@@]3(C)[C@H](CC[C@@H]4[C@@H]3CC[C@]3(C)[C@@H](C(O)C[N+](=O)[O-])CC[C@]43O)C2)[C@H](OC(=O)c2ccccc2)[C@H](OC(=O)c2ccccc2)[C@H]1OC(=O)c1ccccc1. The van der Waals surface area contributed by atoms with Crippen molar-refractivity contribution >= 4 is 17.9 Å². The Morgan fingerprint density at radius 1 is 0.738 bits per heavy atom. The minimum absolute atomic E-state index is 0.0117. The summed E-state index contributed by atoms with van der Waals surface area (Å²) in [5.74, 6) is -1.90. The van der Waals surface area contributed by atoms with Crippen molar-refractivity contribution in [3.8, 4) is 0 Å². The average Bonchev–Trinajstić information content (AvgIpc) is 3.54. The molecule has 4 saturated carbocycles. The standard InChI is InChI=1S/C48H57NO12/c1-29-39(59-42(51)30-13-7-4-8-14-30)40(60-43(52)31-15-9-5-10-16-31)41(61-44(53)32-17-11-6-12-18-32)45(57-29)58-34-21-24-46(2)33(27-34)19-20-36-35(46)22-25-47(3)37(23-26-48(36,47)54)38(50)28-49(55)56/h4-18,29,33-41,45,50,54H,19-28H2,1-3H3/t29-,33+,34-,35-,36+,37+,38?,39-,40+,41+,45+,46-,47+,48-/m0/s1. The van der Waals surface area contributed by atoms with Crippen LogP contribution in [0, 0.1) is 44.6 Å². The van der Waals surface area contributed by atoms with Gasteiger partial charge in [0.25, 0.3) is 0 Å². The van der Waals surface area contributed by atoms with Gasteiger partial charge in [-0.1, -0.05) is 68.4 Å². The monoisotopic (exact) mass is 839 g/mol. The predicted molar refractivity (Wildman–Crippen MR) is 221 cm³/mol. The van der Waals surface area contributed by atoms with Crippen LogP contribution in [0.1, 0.15) is 110 Å². The van der Waals surface area contributed by atoms with E-state index in [9.17, 15) is 34.7 Å². The Balaban J connectivity index is 1.04. The lowest BCUT2D eigenvalue weighted by Gasteiger charge is -2.64. The van der Waals surface area contributed by atoms with Gasteiger partial charge in [0.2, 0.25) is 6.54 Å². The summed E-state index contributed by atoms with van der Waals surface area (Å²) in [6.45, 7) is 5.56. The highest BCUT2D eigenvalue weighted by atomic mass is 16.7. The number of rotatable bonds is 11. The summed E-state index contributed by atoms with van der Waals surface area (Å²) < 4.78 is 31.8. The summed E-state index contributed by atoms with van der Waals surface area (Å²) in [5, 5.41) is 34.9. The number of carbonyl (C=O) groups excluding carboxylic acids is 3. The maximum atomic E-state index is 13.8. The molecule has 13 nitrogen and oxygen atoms in total. The molecule has 2 N–H and O–H groups in total. The van der Waals surface area contributed by atoms with Crippen molar-refractivity contribution < 1.29 is 53.2 Å². The van der Waals surface area contributed by atoms with Gasteiger partial charge in [0, 0.05) is 10.3 Å². The number of nitro groups is 1.